The third-order valence-corrected chi connectivity index (χ3v) is 2.69. The van der Waals surface area contributed by atoms with Crippen molar-refractivity contribution in [2.24, 2.45) is 0 Å². The van der Waals surface area contributed by atoms with E-state index in [9.17, 15) is 8.78 Å². The standard InChI is InChI=1S/C13H19F2N/c1-3-7-16-8-6-10(2)11-4-5-12(14)13(15)9-11/h4-5,9-10,16H,3,6-8H2,1-2H3. The van der Waals surface area contributed by atoms with E-state index in [2.05, 4.69) is 12.2 Å². The minimum Gasteiger partial charge on any atom is -0.317 e. The fourth-order valence-corrected chi connectivity index (χ4v) is 1.61. The van der Waals surface area contributed by atoms with E-state index in [1.165, 1.54) is 12.1 Å². The minimum atomic E-state index is -0.778. The molecule has 1 aromatic rings. The summed E-state index contributed by atoms with van der Waals surface area (Å²) in [6, 6.07) is 4.14. The first kappa shape index (κ1) is 13.1. The van der Waals surface area contributed by atoms with Gasteiger partial charge in [0.25, 0.3) is 0 Å². The van der Waals surface area contributed by atoms with Gasteiger partial charge in [0.05, 0.1) is 0 Å². The van der Waals surface area contributed by atoms with Crippen LogP contribution in [0.4, 0.5) is 8.78 Å². The molecule has 0 saturated heterocycles. The van der Waals surface area contributed by atoms with Crippen LogP contribution < -0.4 is 5.32 Å². The topological polar surface area (TPSA) is 12.0 Å². The van der Waals surface area contributed by atoms with Crippen LogP contribution in [0.5, 0.6) is 0 Å². The van der Waals surface area contributed by atoms with Crippen molar-refractivity contribution in [3.8, 4) is 0 Å². The molecule has 0 spiro atoms. The van der Waals surface area contributed by atoms with Gasteiger partial charge in [-0.3, -0.25) is 0 Å². The first-order chi connectivity index (χ1) is 7.65. The van der Waals surface area contributed by atoms with Crippen molar-refractivity contribution in [2.75, 3.05) is 13.1 Å². The van der Waals surface area contributed by atoms with E-state index in [0.717, 1.165) is 31.5 Å². The van der Waals surface area contributed by atoms with E-state index >= 15 is 0 Å². The van der Waals surface area contributed by atoms with E-state index in [-0.39, 0.29) is 5.92 Å². The lowest BCUT2D eigenvalue weighted by Gasteiger charge is -2.12. The van der Waals surface area contributed by atoms with Gasteiger partial charge in [0.15, 0.2) is 11.6 Å². The van der Waals surface area contributed by atoms with Crippen LogP contribution in [0.3, 0.4) is 0 Å². The molecule has 0 fully saturated rings. The molecular weight excluding hydrogens is 208 g/mol. The Kier molecular flexibility index (Phi) is 5.39. The van der Waals surface area contributed by atoms with Gasteiger partial charge >= 0.3 is 0 Å². The molecule has 1 nitrogen and oxygen atoms in total. The van der Waals surface area contributed by atoms with Crippen LogP contribution in [0.15, 0.2) is 18.2 Å². The van der Waals surface area contributed by atoms with Crippen LogP contribution >= 0.6 is 0 Å². The maximum atomic E-state index is 13.0. The first-order valence-corrected chi connectivity index (χ1v) is 5.80. The molecule has 1 unspecified atom stereocenters. The van der Waals surface area contributed by atoms with Crippen LogP contribution in [-0.4, -0.2) is 13.1 Å². The highest BCUT2D eigenvalue weighted by atomic mass is 19.2. The van der Waals surface area contributed by atoms with Crippen LogP contribution in [-0.2, 0) is 0 Å². The molecule has 0 aliphatic carbocycles. The van der Waals surface area contributed by atoms with E-state index in [1.54, 1.807) is 6.07 Å². The van der Waals surface area contributed by atoms with Crippen molar-refractivity contribution in [3.05, 3.63) is 35.4 Å². The van der Waals surface area contributed by atoms with Crippen molar-refractivity contribution in [1.82, 2.24) is 5.32 Å². The smallest absolute Gasteiger partial charge is 0.159 e. The van der Waals surface area contributed by atoms with Gasteiger partial charge in [0, 0.05) is 0 Å². The lowest BCUT2D eigenvalue weighted by molar-refractivity contribution is 0.504. The number of benzene rings is 1. The van der Waals surface area contributed by atoms with Gasteiger partial charge in [-0.15, -0.1) is 0 Å². The summed E-state index contributed by atoms with van der Waals surface area (Å²) < 4.78 is 25.7. The number of hydrogen-bond donors (Lipinski definition) is 1. The van der Waals surface area contributed by atoms with Gasteiger partial charge in [0.1, 0.15) is 0 Å². The maximum Gasteiger partial charge on any atom is 0.159 e. The van der Waals surface area contributed by atoms with E-state index in [1.807, 2.05) is 6.92 Å². The van der Waals surface area contributed by atoms with E-state index in [4.69, 9.17) is 0 Å². The lowest BCUT2D eigenvalue weighted by atomic mass is 9.97. The number of hydrogen-bond acceptors (Lipinski definition) is 1. The summed E-state index contributed by atoms with van der Waals surface area (Å²) in [5.74, 6) is -1.29. The molecule has 1 atom stereocenters. The molecule has 1 rings (SSSR count). The van der Waals surface area contributed by atoms with Gasteiger partial charge in [-0.2, -0.15) is 0 Å². The predicted octanol–water partition coefficient (Wildman–Crippen LogP) is 3.46. The average Bonchev–Trinajstić information content (AvgIpc) is 2.28. The van der Waals surface area contributed by atoms with Gasteiger partial charge in [0.2, 0.25) is 0 Å². The number of rotatable bonds is 6. The van der Waals surface area contributed by atoms with Crippen LogP contribution in [0.25, 0.3) is 0 Å². The molecule has 0 aliphatic heterocycles. The Morgan fingerprint density at radius 1 is 1.19 bits per heavy atom. The summed E-state index contributed by atoms with van der Waals surface area (Å²) in [4.78, 5) is 0. The van der Waals surface area contributed by atoms with E-state index < -0.39 is 11.6 Å². The molecular formula is C13H19F2N. The van der Waals surface area contributed by atoms with Gasteiger partial charge < -0.3 is 5.32 Å². The Balaban J connectivity index is 2.46. The largest absolute Gasteiger partial charge is 0.317 e. The molecule has 0 aliphatic rings. The van der Waals surface area contributed by atoms with Crippen molar-refractivity contribution in [1.29, 1.82) is 0 Å². The Hall–Kier alpha value is -0.960. The SMILES string of the molecule is CCCNCCC(C)c1ccc(F)c(F)c1. The maximum absolute atomic E-state index is 13.0. The molecule has 90 valence electrons. The van der Waals surface area contributed by atoms with E-state index in [0.29, 0.717) is 0 Å². The third-order valence-electron chi connectivity index (χ3n) is 2.69. The quantitative estimate of drug-likeness (QED) is 0.734. The van der Waals surface area contributed by atoms with Crippen molar-refractivity contribution in [3.63, 3.8) is 0 Å². The zero-order chi connectivity index (χ0) is 12.0. The Labute approximate surface area is 95.9 Å². The molecule has 0 bridgehead atoms. The molecule has 3 heteroatoms. The molecule has 0 aromatic heterocycles. The van der Waals surface area contributed by atoms with Crippen molar-refractivity contribution < 1.29 is 8.78 Å². The van der Waals surface area contributed by atoms with Gasteiger partial charge in [-0.25, -0.2) is 8.78 Å². The molecule has 0 radical (unpaired) electrons. The minimum absolute atomic E-state index is 0.249. The number of halogens is 2. The monoisotopic (exact) mass is 227 g/mol. The highest BCUT2D eigenvalue weighted by molar-refractivity contribution is 5.21. The molecule has 16 heavy (non-hydrogen) atoms. The second kappa shape index (κ2) is 6.59. The van der Waals surface area contributed by atoms with Crippen LogP contribution in [0, 0.1) is 11.6 Å². The Morgan fingerprint density at radius 3 is 2.56 bits per heavy atom. The molecule has 0 heterocycles. The summed E-state index contributed by atoms with van der Waals surface area (Å²) in [7, 11) is 0. The van der Waals surface area contributed by atoms with Crippen LogP contribution in [0.1, 0.15) is 38.2 Å². The number of nitrogens with one attached hydrogen (secondary N) is 1. The Bertz CT molecular complexity index is 326. The second-order valence-electron chi connectivity index (χ2n) is 4.11. The second-order valence-corrected chi connectivity index (χ2v) is 4.11. The normalized spacial score (nSPS) is 12.8. The summed E-state index contributed by atoms with van der Waals surface area (Å²) in [6.07, 6.45) is 2.05. The molecule has 1 N–H and O–H groups in total. The highest BCUT2D eigenvalue weighted by Gasteiger charge is 2.08. The van der Waals surface area contributed by atoms with Crippen molar-refractivity contribution in [2.45, 2.75) is 32.6 Å². The highest BCUT2D eigenvalue weighted by Crippen LogP contribution is 2.20. The van der Waals surface area contributed by atoms with Gasteiger partial charge in [-0.05, 0) is 49.5 Å². The zero-order valence-electron chi connectivity index (χ0n) is 9.89. The molecule has 0 amide bonds. The third kappa shape index (κ3) is 3.89. The average molecular weight is 227 g/mol. The molecule has 1 aromatic carbocycles. The summed E-state index contributed by atoms with van der Waals surface area (Å²) in [6.45, 7) is 6.06. The van der Waals surface area contributed by atoms with Crippen molar-refractivity contribution >= 4 is 0 Å². The summed E-state index contributed by atoms with van der Waals surface area (Å²) in [5, 5.41) is 3.29. The summed E-state index contributed by atoms with van der Waals surface area (Å²) in [5.41, 5.74) is 0.859. The fourth-order valence-electron chi connectivity index (χ4n) is 1.61. The fraction of sp³-hybridized carbons (Fsp3) is 0.538. The molecule has 0 saturated carbocycles. The summed E-state index contributed by atoms with van der Waals surface area (Å²) >= 11 is 0. The Morgan fingerprint density at radius 2 is 1.94 bits per heavy atom. The van der Waals surface area contributed by atoms with Crippen LogP contribution in [0.2, 0.25) is 0 Å². The predicted molar refractivity (Wildman–Crippen MR) is 62.6 cm³/mol. The first-order valence-electron chi connectivity index (χ1n) is 5.80. The zero-order valence-corrected chi connectivity index (χ0v) is 9.89. The lowest BCUT2D eigenvalue weighted by Crippen LogP contribution is -2.17. The van der Waals surface area contributed by atoms with Gasteiger partial charge in [-0.1, -0.05) is 19.9 Å².